The summed E-state index contributed by atoms with van der Waals surface area (Å²) in [7, 11) is -3.70. The van der Waals surface area contributed by atoms with E-state index < -0.39 is 10.0 Å². The van der Waals surface area contributed by atoms with Crippen LogP contribution in [0.15, 0.2) is 58.5 Å². The molecule has 0 aliphatic rings. The standard InChI is InChI=1S/C15H14Cl2N2O2S/c1-2-15(13-9-8-11(16)10-14(13)17)18-19-22(20,21)12-6-4-3-5-7-12/h3-10,19H,2H2,1H3/b18-15-. The fraction of sp³-hybridized carbons (Fsp3) is 0.133. The predicted octanol–water partition coefficient (Wildman–Crippen LogP) is 4.09. The van der Waals surface area contributed by atoms with Gasteiger partial charge in [-0.3, -0.25) is 0 Å². The summed E-state index contributed by atoms with van der Waals surface area (Å²) < 4.78 is 24.3. The fourth-order valence-electron chi connectivity index (χ4n) is 1.82. The summed E-state index contributed by atoms with van der Waals surface area (Å²) in [4.78, 5) is 2.38. The van der Waals surface area contributed by atoms with Crippen LogP contribution in [0.25, 0.3) is 0 Å². The number of sulfonamides is 1. The van der Waals surface area contributed by atoms with Gasteiger partial charge in [0, 0.05) is 10.6 Å². The Kier molecular flexibility index (Phi) is 5.45. The van der Waals surface area contributed by atoms with Gasteiger partial charge in [0.1, 0.15) is 0 Å². The van der Waals surface area contributed by atoms with E-state index in [2.05, 4.69) is 9.93 Å². The van der Waals surface area contributed by atoms with E-state index in [1.165, 1.54) is 12.1 Å². The van der Waals surface area contributed by atoms with Gasteiger partial charge in [-0.1, -0.05) is 54.4 Å². The van der Waals surface area contributed by atoms with Crippen LogP contribution >= 0.6 is 23.2 Å². The van der Waals surface area contributed by atoms with Gasteiger partial charge in [0.15, 0.2) is 0 Å². The molecule has 22 heavy (non-hydrogen) atoms. The topological polar surface area (TPSA) is 58.5 Å². The van der Waals surface area contributed by atoms with E-state index in [0.29, 0.717) is 27.7 Å². The van der Waals surface area contributed by atoms with E-state index in [1.54, 1.807) is 36.4 Å². The molecule has 0 radical (unpaired) electrons. The molecule has 2 rings (SSSR count). The summed E-state index contributed by atoms with van der Waals surface area (Å²) in [6.07, 6.45) is 0.513. The number of hydrogen-bond acceptors (Lipinski definition) is 3. The maximum atomic E-state index is 12.2. The van der Waals surface area contributed by atoms with Crippen molar-refractivity contribution >= 4 is 38.9 Å². The molecule has 0 amide bonds. The highest BCUT2D eigenvalue weighted by molar-refractivity contribution is 7.89. The van der Waals surface area contributed by atoms with Crippen LogP contribution in [0.2, 0.25) is 10.0 Å². The molecular weight excluding hydrogens is 343 g/mol. The molecule has 0 aliphatic carbocycles. The zero-order valence-corrected chi connectivity index (χ0v) is 14.1. The number of nitrogens with one attached hydrogen (secondary N) is 1. The van der Waals surface area contributed by atoms with E-state index in [9.17, 15) is 8.42 Å². The Morgan fingerprint density at radius 3 is 2.41 bits per heavy atom. The summed E-state index contributed by atoms with van der Waals surface area (Å²) in [5, 5.41) is 4.93. The molecule has 0 bridgehead atoms. The summed E-state index contributed by atoms with van der Waals surface area (Å²) in [5.74, 6) is 0. The first kappa shape index (κ1) is 16.8. The lowest BCUT2D eigenvalue weighted by atomic mass is 10.1. The Morgan fingerprint density at radius 1 is 1.14 bits per heavy atom. The third-order valence-electron chi connectivity index (χ3n) is 2.93. The second kappa shape index (κ2) is 7.13. The van der Waals surface area contributed by atoms with Gasteiger partial charge in [0.2, 0.25) is 0 Å². The van der Waals surface area contributed by atoms with Gasteiger partial charge >= 0.3 is 0 Å². The molecular formula is C15H14Cl2N2O2S. The summed E-state index contributed by atoms with van der Waals surface area (Å²) in [6, 6.07) is 13.0. The molecule has 7 heteroatoms. The lowest BCUT2D eigenvalue weighted by Crippen LogP contribution is -2.20. The van der Waals surface area contributed by atoms with Crippen molar-refractivity contribution in [2.45, 2.75) is 18.2 Å². The molecule has 0 unspecified atom stereocenters. The highest BCUT2D eigenvalue weighted by atomic mass is 35.5. The normalized spacial score (nSPS) is 12.2. The number of rotatable bonds is 5. The molecule has 116 valence electrons. The highest BCUT2D eigenvalue weighted by Crippen LogP contribution is 2.22. The van der Waals surface area contributed by atoms with Crippen molar-refractivity contribution in [3.63, 3.8) is 0 Å². The molecule has 0 aliphatic heterocycles. The minimum absolute atomic E-state index is 0.149. The highest BCUT2D eigenvalue weighted by Gasteiger charge is 2.13. The third kappa shape index (κ3) is 4.00. The Hall–Kier alpha value is -1.56. The van der Waals surface area contributed by atoms with Gasteiger partial charge in [-0.15, -0.1) is 0 Å². The van der Waals surface area contributed by atoms with Gasteiger partial charge in [0.05, 0.1) is 15.6 Å². The number of hydrazone groups is 1. The summed E-state index contributed by atoms with van der Waals surface area (Å²) in [5.41, 5.74) is 1.17. The number of hydrogen-bond donors (Lipinski definition) is 1. The van der Waals surface area contributed by atoms with Crippen LogP contribution in [0.1, 0.15) is 18.9 Å². The molecule has 0 aromatic heterocycles. The summed E-state index contributed by atoms with van der Waals surface area (Å²) >= 11 is 12.0. The van der Waals surface area contributed by atoms with E-state index in [1.807, 2.05) is 6.92 Å². The number of benzene rings is 2. The van der Waals surface area contributed by atoms with Crippen molar-refractivity contribution in [1.82, 2.24) is 4.83 Å². The van der Waals surface area contributed by atoms with Gasteiger partial charge in [0.25, 0.3) is 10.0 Å². The van der Waals surface area contributed by atoms with Gasteiger partial charge in [-0.2, -0.15) is 18.4 Å². The van der Waals surface area contributed by atoms with E-state index in [0.717, 1.165) is 0 Å². The zero-order valence-electron chi connectivity index (χ0n) is 11.8. The molecule has 4 nitrogen and oxygen atoms in total. The van der Waals surface area contributed by atoms with Crippen LogP contribution in [-0.4, -0.2) is 14.1 Å². The first-order valence-corrected chi connectivity index (χ1v) is 8.77. The molecule has 0 saturated carbocycles. The van der Waals surface area contributed by atoms with Crippen LogP contribution in [-0.2, 0) is 10.0 Å². The Bertz CT molecular complexity index is 790. The van der Waals surface area contributed by atoms with Crippen LogP contribution in [0.3, 0.4) is 0 Å². The molecule has 2 aromatic carbocycles. The van der Waals surface area contributed by atoms with Crippen molar-refractivity contribution in [2.75, 3.05) is 0 Å². The van der Waals surface area contributed by atoms with Crippen LogP contribution in [0, 0.1) is 0 Å². The average molecular weight is 357 g/mol. The van der Waals surface area contributed by atoms with E-state index in [4.69, 9.17) is 23.2 Å². The van der Waals surface area contributed by atoms with Gasteiger partial charge in [-0.05, 0) is 30.7 Å². The van der Waals surface area contributed by atoms with E-state index in [-0.39, 0.29) is 4.90 Å². The first-order chi connectivity index (χ1) is 10.4. The SMILES string of the molecule is CC/C(=N/NS(=O)(=O)c1ccccc1)c1ccc(Cl)cc1Cl. The largest absolute Gasteiger partial charge is 0.276 e. The lowest BCUT2D eigenvalue weighted by Gasteiger charge is -2.08. The Morgan fingerprint density at radius 2 is 1.82 bits per heavy atom. The minimum atomic E-state index is -3.70. The fourth-order valence-corrected chi connectivity index (χ4v) is 3.19. The lowest BCUT2D eigenvalue weighted by molar-refractivity contribution is 0.584. The van der Waals surface area contributed by atoms with Crippen molar-refractivity contribution in [3.05, 3.63) is 64.1 Å². The van der Waals surface area contributed by atoms with Crippen molar-refractivity contribution < 1.29 is 8.42 Å². The maximum absolute atomic E-state index is 12.2. The van der Waals surface area contributed by atoms with Crippen LogP contribution < -0.4 is 4.83 Å². The third-order valence-corrected chi connectivity index (χ3v) is 4.70. The van der Waals surface area contributed by atoms with Crippen LogP contribution in [0.5, 0.6) is 0 Å². The Balaban J connectivity index is 2.30. The quantitative estimate of drug-likeness (QED) is 0.647. The molecule has 0 fully saturated rings. The van der Waals surface area contributed by atoms with Crippen molar-refractivity contribution in [2.24, 2.45) is 5.10 Å². The molecule has 2 aromatic rings. The van der Waals surface area contributed by atoms with Gasteiger partial charge in [-0.25, -0.2) is 0 Å². The van der Waals surface area contributed by atoms with E-state index >= 15 is 0 Å². The minimum Gasteiger partial charge on any atom is -0.200 e. The molecule has 0 heterocycles. The number of nitrogens with zero attached hydrogens (tertiary/aromatic N) is 1. The predicted molar refractivity (Wildman–Crippen MR) is 90.1 cm³/mol. The second-order valence-electron chi connectivity index (χ2n) is 4.44. The maximum Gasteiger partial charge on any atom is 0.276 e. The van der Waals surface area contributed by atoms with Crippen LogP contribution in [0.4, 0.5) is 0 Å². The average Bonchev–Trinajstić information content (AvgIpc) is 2.50. The monoisotopic (exact) mass is 356 g/mol. The zero-order chi connectivity index (χ0) is 16.2. The first-order valence-electron chi connectivity index (χ1n) is 6.53. The molecule has 0 saturated heterocycles. The Labute approximate surface area is 139 Å². The molecule has 0 spiro atoms. The number of halogens is 2. The summed E-state index contributed by atoms with van der Waals surface area (Å²) in [6.45, 7) is 1.86. The van der Waals surface area contributed by atoms with Crippen molar-refractivity contribution in [3.8, 4) is 0 Å². The second-order valence-corrected chi connectivity index (χ2v) is 6.95. The molecule has 0 atom stereocenters. The molecule has 1 N–H and O–H groups in total. The van der Waals surface area contributed by atoms with Gasteiger partial charge < -0.3 is 0 Å². The smallest absolute Gasteiger partial charge is 0.200 e. The van der Waals surface area contributed by atoms with Crippen molar-refractivity contribution in [1.29, 1.82) is 0 Å².